The van der Waals surface area contributed by atoms with E-state index in [0.717, 1.165) is 17.1 Å². The number of rotatable bonds is 6. The van der Waals surface area contributed by atoms with Crippen molar-refractivity contribution in [1.29, 1.82) is 0 Å². The summed E-state index contributed by atoms with van der Waals surface area (Å²) < 4.78 is 27.2. The second-order valence-electron chi connectivity index (χ2n) is 4.41. The van der Waals surface area contributed by atoms with Crippen LogP contribution in [0.5, 0.6) is 0 Å². The number of sulfonamides is 1. The highest BCUT2D eigenvalue weighted by molar-refractivity contribution is 7.89. The first-order valence-electron chi connectivity index (χ1n) is 6.42. The summed E-state index contributed by atoms with van der Waals surface area (Å²) in [6.45, 7) is 4.64. The van der Waals surface area contributed by atoms with Gasteiger partial charge in [-0.25, -0.2) is 13.1 Å². The van der Waals surface area contributed by atoms with E-state index in [1.54, 1.807) is 24.3 Å². The van der Waals surface area contributed by atoms with Crippen molar-refractivity contribution < 1.29 is 8.42 Å². The van der Waals surface area contributed by atoms with E-state index in [1.165, 1.54) is 11.3 Å². The maximum absolute atomic E-state index is 12.3. The van der Waals surface area contributed by atoms with Crippen molar-refractivity contribution in [2.45, 2.75) is 24.8 Å². The molecule has 1 aromatic carbocycles. The van der Waals surface area contributed by atoms with Crippen LogP contribution < -0.4 is 10.0 Å². The first-order valence-corrected chi connectivity index (χ1v) is 8.79. The van der Waals surface area contributed by atoms with E-state index in [0.29, 0.717) is 0 Å². The van der Waals surface area contributed by atoms with Gasteiger partial charge in [-0.1, -0.05) is 6.07 Å². The Labute approximate surface area is 123 Å². The molecule has 6 heteroatoms. The molecule has 0 spiro atoms. The summed E-state index contributed by atoms with van der Waals surface area (Å²) in [4.78, 5) is 1.28. The third kappa shape index (κ3) is 3.59. The van der Waals surface area contributed by atoms with Gasteiger partial charge in [0.2, 0.25) is 10.0 Å². The molecule has 0 aliphatic rings. The van der Waals surface area contributed by atoms with E-state index in [4.69, 9.17) is 0 Å². The summed E-state index contributed by atoms with van der Waals surface area (Å²) in [5.41, 5.74) is 0.915. The second kappa shape index (κ2) is 6.39. The summed E-state index contributed by atoms with van der Waals surface area (Å²) >= 11 is 1.54. The minimum Gasteiger partial charge on any atom is -0.385 e. The van der Waals surface area contributed by atoms with Gasteiger partial charge in [-0.3, -0.25) is 0 Å². The molecule has 2 N–H and O–H groups in total. The highest BCUT2D eigenvalue weighted by atomic mass is 32.2. The Balaban J connectivity index is 2.13. The molecule has 1 unspecified atom stereocenters. The smallest absolute Gasteiger partial charge is 0.241 e. The van der Waals surface area contributed by atoms with Crippen molar-refractivity contribution in [3.63, 3.8) is 0 Å². The zero-order chi connectivity index (χ0) is 14.6. The number of hydrogen-bond donors (Lipinski definition) is 2. The van der Waals surface area contributed by atoms with Gasteiger partial charge >= 0.3 is 0 Å². The Morgan fingerprint density at radius 3 is 2.45 bits per heavy atom. The van der Waals surface area contributed by atoms with Crippen LogP contribution in [0.1, 0.15) is 24.8 Å². The van der Waals surface area contributed by atoms with Gasteiger partial charge in [0.05, 0.1) is 10.9 Å². The van der Waals surface area contributed by atoms with Crippen LogP contribution in [0.3, 0.4) is 0 Å². The largest absolute Gasteiger partial charge is 0.385 e. The molecule has 0 amide bonds. The zero-order valence-corrected chi connectivity index (χ0v) is 13.1. The van der Waals surface area contributed by atoms with Crippen molar-refractivity contribution in [2.75, 3.05) is 11.9 Å². The molecule has 108 valence electrons. The van der Waals surface area contributed by atoms with E-state index >= 15 is 0 Å². The van der Waals surface area contributed by atoms with Crippen molar-refractivity contribution in [3.8, 4) is 0 Å². The number of thiophene rings is 1. The van der Waals surface area contributed by atoms with Crippen LogP contribution >= 0.6 is 11.3 Å². The topological polar surface area (TPSA) is 58.2 Å². The predicted octanol–water partition coefficient (Wildman–Crippen LogP) is 3.22. The summed E-state index contributed by atoms with van der Waals surface area (Å²) in [7, 11) is -3.49. The van der Waals surface area contributed by atoms with E-state index in [1.807, 2.05) is 31.4 Å². The fourth-order valence-corrected chi connectivity index (χ4v) is 3.88. The average Bonchev–Trinajstić information content (AvgIpc) is 2.93. The van der Waals surface area contributed by atoms with Gasteiger partial charge in [0.15, 0.2) is 0 Å². The molecule has 0 aliphatic heterocycles. The molecular weight excluding hydrogens is 292 g/mol. The first-order chi connectivity index (χ1) is 9.53. The Hall–Kier alpha value is -1.37. The minimum absolute atomic E-state index is 0.228. The summed E-state index contributed by atoms with van der Waals surface area (Å²) in [5.74, 6) is 0. The summed E-state index contributed by atoms with van der Waals surface area (Å²) in [5, 5.41) is 5.07. The molecule has 0 bridgehead atoms. The molecule has 0 aliphatic carbocycles. The lowest BCUT2D eigenvalue weighted by Gasteiger charge is -2.13. The molecule has 0 radical (unpaired) electrons. The van der Waals surface area contributed by atoms with Gasteiger partial charge in [-0.15, -0.1) is 11.3 Å². The normalized spacial score (nSPS) is 13.1. The number of benzene rings is 1. The van der Waals surface area contributed by atoms with E-state index in [-0.39, 0.29) is 10.9 Å². The molecule has 20 heavy (non-hydrogen) atoms. The second-order valence-corrected chi connectivity index (χ2v) is 7.11. The number of hydrogen-bond acceptors (Lipinski definition) is 4. The third-order valence-electron chi connectivity index (χ3n) is 2.85. The molecule has 2 aromatic rings. The highest BCUT2D eigenvalue weighted by Crippen LogP contribution is 2.21. The standard InChI is InChI=1S/C14H18N2O2S2/c1-3-15-12-6-8-13(9-7-12)20(17,18)16-11(2)14-5-4-10-19-14/h4-11,15-16H,3H2,1-2H3. The van der Waals surface area contributed by atoms with Gasteiger partial charge in [0.1, 0.15) is 0 Å². The minimum atomic E-state index is -3.49. The molecule has 1 aromatic heterocycles. The Bertz CT molecular complexity index is 634. The van der Waals surface area contributed by atoms with Gasteiger partial charge in [-0.05, 0) is 49.6 Å². The maximum Gasteiger partial charge on any atom is 0.241 e. The lowest BCUT2D eigenvalue weighted by molar-refractivity contribution is 0.568. The van der Waals surface area contributed by atoms with Crippen molar-refractivity contribution >= 4 is 27.0 Å². The summed E-state index contributed by atoms with van der Waals surface area (Å²) in [6, 6.07) is 10.4. The van der Waals surface area contributed by atoms with Crippen LogP contribution in [0.15, 0.2) is 46.7 Å². The zero-order valence-electron chi connectivity index (χ0n) is 11.5. The highest BCUT2D eigenvalue weighted by Gasteiger charge is 2.18. The van der Waals surface area contributed by atoms with E-state index in [9.17, 15) is 8.42 Å². The Morgan fingerprint density at radius 1 is 1.20 bits per heavy atom. The Morgan fingerprint density at radius 2 is 1.90 bits per heavy atom. The van der Waals surface area contributed by atoms with Crippen molar-refractivity contribution in [2.24, 2.45) is 0 Å². The number of anilines is 1. The fourth-order valence-electron chi connectivity index (χ4n) is 1.85. The molecular formula is C14H18N2O2S2. The monoisotopic (exact) mass is 310 g/mol. The molecule has 0 saturated heterocycles. The quantitative estimate of drug-likeness (QED) is 0.861. The molecule has 1 atom stereocenters. The molecule has 2 rings (SSSR count). The van der Waals surface area contributed by atoms with Crippen LogP contribution in [0.4, 0.5) is 5.69 Å². The SMILES string of the molecule is CCNc1ccc(S(=O)(=O)NC(C)c2cccs2)cc1. The fraction of sp³-hybridized carbons (Fsp3) is 0.286. The maximum atomic E-state index is 12.3. The van der Waals surface area contributed by atoms with E-state index < -0.39 is 10.0 Å². The molecule has 0 fully saturated rings. The first kappa shape index (κ1) is 15.0. The van der Waals surface area contributed by atoms with Crippen LogP contribution in [0, 0.1) is 0 Å². The Kier molecular flexibility index (Phi) is 4.80. The number of nitrogens with one attached hydrogen (secondary N) is 2. The average molecular weight is 310 g/mol. The van der Waals surface area contributed by atoms with Crippen LogP contribution in [-0.4, -0.2) is 15.0 Å². The van der Waals surface area contributed by atoms with Crippen LogP contribution in [-0.2, 0) is 10.0 Å². The van der Waals surface area contributed by atoms with Crippen molar-refractivity contribution in [3.05, 3.63) is 46.7 Å². The van der Waals surface area contributed by atoms with E-state index in [2.05, 4.69) is 10.0 Å². The summed E-state index contributed by atoms with van der Waals surface area (Å²) in [6.07, 6.45) is 0. The third-order valence-corrected chi connectivity index (χ3v) is 5.46. The molecule has 0 saturated carbocycles. The van der Waals surface area contributed by atoms with Gasteiger partial charge in [0.25, 0.3) is 0 Å². The molecule has 4 nitrogen and oxygen atoms in total. The van der Waals surface area contributed by atoms with Crippen LogP contribution in [0.25, 0.3) is 0 Å². The lowest BCUT2D eigenvalue weighted by atomic mass is 10.3. The predicted molar refractivity (Wildman–Crippen MR) is 83.7 cm³/mol. The van der Waals surface area contributed by atoms with Gasteiger partial charge < -0.3 is 5.32 Å². The lowest BCUT2D eigenvalue weighted by Crippen LogP contribution is -2.26. The van der Waals surface area contributed by atoms with Crippen LogP contribution in [0.2, 0.25) is 0 Å². The van der Waals surface area contributed by atoms with Gasteiger partial charge in [0, 0.05) is 17.1 Å². The van der Waals surface area contributed by atoms with Gasteiger partial charge in [-0.2, -0.15) is 0 Å². The molecule has 1 heterocycles. The van der Waals surface area contributed by atoms with Crippen molar-refractivity contribution in [1.82, 2.24) is 4.72 Å².